The first-order chi connectivity index (χ1) is 27.7. The van der Waals surface area contributed by atoms with Gasteiger partial charge in [0.15, 0.2) is 12.8 Å². The van der Waals surface area contributed by atoms with Gasteiger partial charge >= 0.3 is 17.9 Å². The van der Waals surface area contributed by atoms with Crippen molar-refractivity contribution in [1.29, 1.82) is 0 Å². The molecule has 11 aliphatic rings. The normalized spacial score (nSPS) is 52.6. The van der Waals surface area contributed by atoms with Crippen molar-refractivity contribution >= 4 is 23.6 Å². The Labute approximate surface area is 340 Å². The van der Waals surface area contributed by atoms with Crippen molar-refractivity contribution in [2.75, 3.05) is 32.2 Å². The molecule has 12 rings (SSSR count). The summed E-state index contributed by atoms with van der Waals surface area (Å²) < 4.78 is 17.5. The van der Waals surface area contributed by atoms with E-state index in [0.29, 0.717) is 38.5 Å². The molecule has 0 radical (unpaired) electrons. The number of benzene rings is 1. The second-order valence-electron chi connectivity index (χ2n) is 20.9. The van der Waals surface area contributed by atoms with E-state index in [1.54, 1.807) is 6.08 Å². The fourth-order valence-corrected chi connectivity index (χ4v) is 17.9. The first-order valence-electron chi connectivity index (χ1n) is 22.3. The van der Waals surface area contributed by atoms with Crippen LogP contribution in [0.2, 0.25) is 0 Å². The standard InChI is InChI=1S/C46H61N2O10/c1-5-26-27-19-33-38-44(31-8-6-7-9-32(31)47(38)3)21-34(37(27)39(44)51)48(33,40(26)52)22-36(50)58-25-10-16-45(41(53)56-4)29-11-14-42(2)28(24-18-35(49)57-23-24)13-17-46(42,55)30(29)12-15-43(45,54)20-25/h6-9,18,25-30,33-34,37-40,51-52,54-55H,5,10-17,19-23H2,1-4H3/q+1/t25-,26-,27?,28+,29?,30?,33?,34-,37?,38?,39?,40+,42?,43-,44+,45?,46-,48?/m0/s1. The number of anilines is 1. The number of ether oxygens (including phenoxy) is 3. The van der Waals surface area contributed by atoms with Crippen molar-refractivity contribution in [3.8, 4) is 0 Å². The van der Waals surface area contributed by atoms with Crippen LogP contribution >= 0.6 is 0 Å². The molecule has 12 heteroatoms. The van der Waals surface area contributed by atoms with Gasteiger partial charge in [0, 0.05) is 55.3 Å². The topological polar surface area (TPSA) is 163 Å². The predicted octanol–water partition coefficient (Wildman–Crippen LogP) is 3.51. The van der Waals surface area contributed by atoms with Gasteiger partial charge in [0.1, 0.15) is 18.8 Å². The molecule has 4 saturated heterocycles. The lowest BCUT2D eigenvalue weighted by atomic mass is 9.41. The molecule has 5 saturated carbocycles. The van der Waals surface area contributed by atoms with E-state index in [-0.39, 0.29) is 96.5 Å². The molecule has 5 bridgehead atoms. The summed E-state index contributed by atoms with van der Waals surface area (Å²) in [5.41, 5.74) is -1.55. The molecule has 58 heavy (non-hydrogen) atoms. The van der Waals surface area contributed by atoms with E-state index in [0.717, 1.165) is 30.5 Å². The number of quaternary nitrogens is 1. The lowest BCUT2D eigenvalue weighted by Crippen LogP contribution is -2.83. The highest BCUT2D eigenvalue weighted by Crippen LogP contribution is 2.73. The number of aliphatic hydroxyl groups excluding tert-OH is 2. The number of nitrogens with zero attached hydrogens (tertiary/aromatic N) is 2. The third-order valence-corrected chi connectivity index (χ3v) is 19.9. The Hall–Kier alpha value is -3.03. The van der Waals surface area contributed by atoms with Crippen LogP contribution in [0.25, 0.3) is 0 Å². The molecule has 9 fully saturated rings. The largest absolute Gasteiger partial charge is 0.468 e. The number of fused-ring (bicyclic) bond motifs is 7. The number of piperidine rings is 4. The van der Waals surface area contributed by atoms with E-state index in [2.05, 4.69) is 44.0 Å². The average Bonchev–Trinajstić information content (AvgIpc) is 3.89. The Bertz CT molecular complexity index is 2010. The number of methoxy groups -OCH3 is 1. The average molecular weight is 802 g/mol. The zero-order valence-electron chi connectivity index (χ0n) is 34.3. The maximum absolute atomic E-state index is 14.6. The molecule has 1 aromatic carbocycles. The fraction of sp³-hybridized carbons (Fsp3) is 0.761. The van der Waals surface area contributed by atoms with Crippen molar-refractivity contribution in [2.24, 2.45) is 46.3 Å². The minimum absolute atomic E-state index is 0.00132. The number of aliphatic hydroxyl groups is 4. The zero-order valence-corrected chi connectivity index (χ0v) is 34.3. The second-order valence-corrected chi connectivity index (χ2v) is 20.9. The molecule has 6 aliphatic heterocycles. The summed E-state index contributed by atoms with van der Waals surface area (Å²) in [6, 6.07) is 8.21. The van der Waals surface area contributed by atoms with Crippen molar-refractivity contribution in [1.82, 2.24) is 0 Å². The molecule has 1 spiro atoms. The smallest absolute Gasteiger partial charge is 0.362 e. The molecule has 6 heterocycles. The maximum Gasteiger partial charge on any atom is 0.362 e. The lowest BCUT2D eigenvalue weighted by molar-refractivity contribution is -1.03. The van der Waals surface area contributed by atoms with E-state index in [1.165, 1.54) is 12.7 Å². The predicted molar refractivity (Wildman–Crippen MR) is 208 cm³/mol. The Morgan fingerprint density at radius 2 is 1.78 bits per heavy atom. The van der Waals surface area contributed by atoms with Gasteiger partial charge in [0.05, 0.1) is 47.3 Å². The minimum Gasteiger partial charge on any atom is -0.468 e. The van der Waals surface area contributed by atoms with Gasteiger partial charge in [-0.1, -0.05) is 32.0 Å². The van der Waals surface area contributed by atoms with Crippen LogP contribution in [0, 0.1) is 46.3 Å². The minimum atomic E-state index is -1.50. The molecule has 10 unspecified atom stereocenters. The van der Waals surface area contributed by atoms with E-state index >= 15 is 0 Å². The molecule has 314 valence electrons. The number of esters is 3. The Morgan fingerprint density at radius 3 is 2.52 bits per heavy atom. The first-order valence-corrected chi connectivity index (χ1v) is 22.3. The molecule has 18 atom stereocenters. The number of carbonyl (C=O) groups excluding carboxylic acids is 3. The molecule has 5 aliphatic carbocycles. The van der Waals surface area contributed by atoms with Crippen LogP contribution in [-0.2, 0) is 34.0 Å². The lowest BCUT2D eigenvalue weighted by Gasteiger charge is -2.67. The van der Waals surface area contributed by atoms with Crippen LogP contribution in [0.4, 0.5) is 5.69 Å². The van der Waals surface area contributed by atoms with Gasteiger partial charge in [-0.25, -0.2) is 9.59 Å². The zero-order chi connectivity index (χ0) is 40.5. The van der Waals surface area contributed by atoms with E-state index in [9.17, 15) is 34.8 Å². The molecular formula is C46H61N2O10+. The van der Waals surface area contributed by atoms with Gasteiger partial charge in [-0.2, -0.15) is 0 Å². The molecule has 12 nitrogen and oxygen atoms in total. The summed E-state index contributed by atoms with van der Waals surface area (Å²) in [4.78, 5) is 43.2. The maximum atomic E-state index is 14.6. The summed E-state index contributed by atoms with van der Waals surface area (Å²) in [7, 11) is 3.48. The SMILES string of the molecule is CC[C@H]1C2CC3C4N(C)c5ccccc5[C@]45C[C@@H](C2C5O)[N+]3(CC(=O)O[C@H]2CCC3(C(=O)OC)C4CCC5(C)[C@@H](C6=CC(=O)OC6)CC[C@]5(O)C4CC[C@]3(O)C2)[C@@H]1O. The fourth-order valence-electron chi connectivity index (χ4n) is 17.9. The van der Waals surface area contributed by atoms with Crippen molar-refractivity contribution in [3.63, 3.8) is 0 Å². The van der Waals surface area contributed by atoms with Crippen LogP contribution in [-0.4, -0.2) is 118 Å². The highest BCUT2D eigenvalue weighted by Gasteiger charge is 2.83. The van der Waals surface area contributed by atoms with Crippen LogP contribution in [0.15, 0.2) is 35.9 Å². The molecule has 4 N–H and O–H groups in total. The van der Waals surface area contributed by atoms with Gasteiger partial charge < -0.3 is 39.5 Å². The summed E-state index contributed by atoms with van der Waals surface area (Å²) in [5, 5.41) is 50.6. The molecule has 0 aromatic heterocycles. The molecule has 0 amide bonds. The number of rotatable bonds is 6. The number of carbonyl (C=O) groups is 3. The van der Waals surface area contributed by atoms with Crippen molar-refractivity contribution < 1.29 is 53.5 Å². The van der Waals surface area contributed by atoms with Crippen LogP contribution in [0.3, 0.4) is 0 Å². The van der Waals surface area contributed by atoms with E-state index in [1.807, 2.05) is 6.07 Å². The summed E-state index contributed by atoms with van der Waals surface area (Å²) >= 11 is 0. The van der Waals surface area contributed by atoms with E-state index in [4.69, 9.17) is 14.2 Å². The number of likely N-dealkylation sites (N-methyl/N-ethyl adjacent to an activating group) is 1. The summed E-state index contributed by atoms with van der Waals surface area (Å²) in [5.74, 6) is -1.64. The summed E-state index contributed by atoms with van der Waals surface area (Å²) in [6.07, 6.45) is 6.02. The first kappa shape index (κ1) is 37.9. The van der Waals surface area contributed by atoms with Crippen LogP contribution in [0.1, 0.15) is 96.5 Å². The quantitative estimate of drug-likeness (QED) is 0.189. The highest BCUT2D eigenvalue weighted by molar-refractivity contribution is 5.85. The number of para-hydroxylation sites is 1. The van der Waals surface area contributed by atoms with Gasteiger partial charge in [0.25, 0.3) is 0 Å². The number of hydrogen-bond donors (Lipinski definition) is 4. The second kappa shape index (κ2) is 12.1. The number of hydrogen-bond acceptors (Lipinski definition) is 11. The van der Waals surface area contributed by atoms with Gasteiger partial charge in [-0.05, 0) is 98.7 Å². The molecule has 1 aromatic rings. The van der Waals surface area contributed by atoms with E-state index < -0.39 is 57.8 Å². The highest BCUT2D eigenvalue weighted by atomic mass is 16.6. The van der Waals surface area contributed by atoms with Crippen LogP contribution in [0.5, 0.6) is 0 Å². The van der Waals surface area contributed by atoms with Crippen molar-refractivity contribution in [2.45, 2.75) is 144 Å². The van der Waals surface area contributed by atoms with Gasteiger partial charge in [0.2, 0.25) is 0 Å². The van der Waals surface area contributed by atoms with Gasteiger partial charge in [-0.3, -0.25) is 9.28 Å². The Kier molecular flexibility index (Phi) is 7.90. The Morgan fingerprint density at radius 1 is 1.00 bits per heavy atom. The summed E-state index contributed by atoms with van der Waals surface area (Å²) in [6.45, 7) is 4.49. The molecular weight excluding hydrogens is 741 g/mol. The Balaban J connectivity index is 0.871. The third kappa shape index (κ3) is 4.14. The van der Waals surface area contributed by atoms with Crippen molar-refractivity contribution in [3.05, 3.63) is 41.5 Å². The number of cyclic esters (lactones) is 1. The third-order valence-electron chi connectivity index (χ3n) is 19.9. The monoisotopic (exact) mass is 801 g/mol. The van der Waals surface area contributed by atoms with Gasteiger partial charge in [-0.15, -0.1) is 0 Å². The van der Waals surface area contributed by atoms with Crippen LogP contribution < -0.4 is 4.90 Å².